The predicted molar refractivity (Wildman–Crippen MR) is 118 cm³/mol. The molecule has 0 saturated carbocycles. The van der Waals surface area contributed by atoms with E-state index in [1.54, 1.807) is 18.3 Å². The maximum Gasteiger partial charge on any atom is 0.250 e. The Morgan fingerprint density at radius 2 is 1.90 bits per heavy atom. The number of benzene rings is 2. The number of fused-ring (bicyclic) bond motifs is 1. The van der Waals surface area contributed by atoms with E-state index < -0.39 is 0 Å². The van der Waals surface area contributed by atoms with Crippen molar-refractivity contribution in [3.05, 3.63) is 65.4 Å². The fourth-order valence-electron chi connectivity index (χ4n) is 2.81. The maximum absolute atomic E-state index is 12.2. The predicted octanol–water partition coefficient (Wildman–Crippen LogP) is 4.05. The van der Waals surface area contributed by atoms with Crippen molar-refractivity contribution < 1.29 is 9.59 Å². The minimum atomic E-state index is -0.184. The van der Waals surface area contributed by atoms with Gasteiger partial charge in [-0.15, -0.1) is 11.8 Å². The summed E-state index contributed by atoms with van der Waals surface area (Å²) in [6.45, 7) is 5.45. The molecular formula is C22H22N4O2S. The standard InChI is InChI=1S/C22H22N4O2S/c1-14-5-4-6-19-20(11-15(2)24-22(14)19)29-13-21(28)26-23-12-17-7-9-18(10-8-17)25-16(3)27/h4-12H,13H2,1-3H3,(H,25,27)(H,26,28). The average Bonchev–Trinajstić information content (AvgIpc) is 2.68. The summed E-state index contributed by atoms with van der Waals surface area (Å²) in [5.41, 5.74) is 7.09. The second-order valence-electron chi connectivity index (χ2n) is 6.62. The van der Waals surface area contributed by atoms with Crippen LogP contribution < -0.4 is 10.7 Å². The summed E-state index contributed by atoms with van der Waals surface area (Å²) in [5.74, 6) is -0.0504. The third kappa shape index (κ3) is 5.65. The molecule has 3 rings (SSSR count). The molecule has 2 aromatic carbocycles. The van der Waals surface area contributed by atoms with E-state index in [2.05, 4.69) is 20.8 Å². The van der Waals surface area contributed by atoms with E-state index in [1.807, 2.05) is 50.2 Å². The number of carbonyl (C=O) groups is 2. The molecule has 2 N–H and O–H groups in total. The number of rotatable bonds is 6. The molecule has 3 aromatic rings. The number of carbonyl (C=O) groups excluding carboxylic acids is 2. The van der Waals surface area contributed by atoms with Gasteiger partial charge in [0.05, 0.1) is 17.5 Å². The van der Waals surface area contributed by atoms with Crippen LogP contribution in [0.1, 0.15) is 23.7 Å². The number of amides is 2. The number of hydrazone groups is 1. The van der Waals surface area contributed by atoms with Gasteiger partial charge in [-0.2, -0.15) is 5.10 Å². The minimum absolute atomic E-state index is 0.122. The van der Waals surface area contributed by atoms with Crippen molar-refractivity contribution in [2.75, 3.05) is 11.1 Å². The van der Waals surface area contributed by atoms with Gasteiger partial charge in [0, 0.05) is 28.6 Å². The highest BCUT2D eigenvalue weighted by Crippen LogP contribution is 2.29. The van der Waals surface area contributed by atoms with E-state index in [-0.39, 0.29) is 17.6 Å². The van der Waals surface area contributed by atoms with E-state index >= 15 is 0 Å². The van der Waals surface area contributed by atoms with E-state index in [4.69, 9.17) is 0 Å². The molecule has 0 aliphatic rings. The maximum atomic E-state index is 12.2. The number of aryl methyl sites for hydroxylation is 2. The lowest BCUT2D eigenvalue weighted by molar-refractivity contribution is -0.118. The summed E-state index contributed by atoms with van der Waals surface area (Å²) in [6, 6.07) is 15.2. The lowest BCUT2D eigenvalue weighted by Crippen LogP contribution is -2.19. The van der Waals surface area contributed by atoms with Gasteiger partial charge in [-0.05, 0) is 43.2 Å². The Morgan fingerprint density at radius 3 is 2.62 bits per heavy atom. The molecule has 7 heteroatoms. The summed E-state index contributed by atoms with van der Waals surface area (Å²) in [7, 11) is 0. The van der Waals surface area contributed by atoms with Crippen LogP contribution in [0.4, 0.5) is 5.69 Å². The topological polar surface area (TPSA) is 83.5 Å². The van der Waals surface area contributed by atoms with Gasteiger partial charge in [0.15, 0.2) is 0 Å². The van der Waals surface area contributed by atoms with Gasteiger partial charge in [0.25, 0.3) is 0 Å². The molecular weight excluding hydrogens is 384 g/mol. The van der Waals surface area contributed by atoms with Crippen molar-refractivity contribution in [1.82, 2.24) is 10.4 Å². The van der Waals surface area contributed by atoms with Crippen molar-refractivity contribution in [2.45, 2.75) is 25.7 Å². The second kappa shape index (κ2) is 9.34. The Kier molecular flexibility index (Phi) is 6.61. The number of hydrogen-bond donors (Lipinski definition) is 2. The zero-order valence-electron chi connectivity index (χ0n) is 16.5. The lowest BCUT2D eigenvalue weighted by atomic mass is 10.1. The Morgan fingerprint density at radius 1 is 1.14 bits per heavy atom. The van der Waals surface area contributed by atoms with E-state index in [0.717, 1.165) is 32.6 Å². The number of aromatic nitrogens is 1. The second-order valence-corrected chi connectivity index (χ2v) is 7.64. The van der Waals surface area contributed by atoms with Gasteiger partial charge < -0.3 is 5.32 Å². The van der Waals surface area contributed by atoms with Crippen molar-refractivity contribution in [2.24, 2.45) is 5.10 Å². The monoisotopic (exact) mass is 406 g/mol. The van der Waals surface area contributed by atoms with Crippen molar-refractivity contribution in [1.29, 1.82) is 0 Å². The van der Waals surface area contributed by atoms with Crippen LogP contribution in [0.25, 0.3) is 10.9 Å². The van der Waals surface area contributed by atoms with Gasteiger partial charge in [-0.1, -0.05) is 30.3 Å². The number of nitrogens with one attached hydrogen (secondary N) is 2. The van der Waals surface area contributed by atoms with E-state index in [1.165, 1.54) is 18.7 Å². The first-order chi connectivity index (χ1) is 13.9. The van der Waals surface area contributed by atoms with Gasteiger partial charge in [0.2, 0.25) is 11.8 Å². The molecule has 0 bridgehead atoms. The molecule has 2 amide bonds. The number of nitrogens with zero attached hydrogens (tertiary/aromatic N) is 2. The molecule has 0 saturated heterocycles. The molecule has 6 nitrogen and oxygen atoms in total. The fraction of sp³-hybridized carbons (Fsp3) is 0.182. The number of pyridine rings is 1. The summed E-state index contributed by atoms with van der Waals surface area (Å²) in [5, 5.41) is 7.75. The van der Waals surface area contributed by atoms with Crippen molar-refractivity contribution in [3.63, 3.8) is 0 Å². The van der Waals surface area contributed by atoms with Crippen LogP contribution in [-0.4, -0.2) is 28.8 Å². The normalized spacial score (nSPS) is 11.0. The van der Waals surface area contributed by atoms with Gasteiger partial charge >= 0.3 is 0 Å². The molecule has 0 aliphatic heterocycles. The van der Waals surface area contributed by atoms with Gasteiger partial charge in [-0.25, -0.2) is 5.43 Å². The Bertz CT molecular complexity index is 1080. The highest BCUT2D eigenvalue weighted by molar-refractivity contribution is 8.00. The van der Waals surface area contributed by atoms with E-state index in [0.29, 0.717) is 5.69 Å². The van der Waals surface area contributed by atoms with Crippen molar-refractivity contribution in [3.8, 4) is 0 Å². The molecule has 148 valence electrons. The molecule has 0 unspecified atom stereocenters. The minimum Gasteiger partial charge on any atom is -0.326 e. The summed E-state index contributed by atoms with van der Waals surface area (Å²) in [6.07, 6.45) is 1.56. The lowest BCUT2D eigenvalue weighted by Gasteiger charge is -2.09. The van der Waals surface area contributed by atoms with Crippen molar-refractivity contribution >= 4 is 46.4 Å². The fourth-order valence-corrected chi connectivity index (χ4v) is 3.74. The quantitative estimate of drug-likeness (QED) is 0.367. The van der Waals surface area contributed by atoms with E-state index in [9.17, 15) is 9.59 Å². The number of hydrogen-bond acceptors (Lipinski definition) is 5. The van der Waals surface area contributed by atoms with Crippen LogP contribution in [0.5, 0.6) is 0 Å². The van der Waals surface area contributed by atoms with Crippen LogP contribution in [0.2, 0.25) is 0 Å². The van der Waals surface area contributed by atoms with Gasteiger partial charge in [-0.3, -0.25) is 14.6 Å². The summed E-state index contributed by atoms with van der Waals surface area (Å²) in [4.78, 5) is 28.8. The summed E-state index contributed by atoms with van der Waals surface area (Å²) < 4.78 is 0. The largest absolute Gasteiger partial charge is 0.326 e. The van der Waals surface area contributed by atoms with Crippen LogP contribution in [-0.2, 0) is 9.59 Å². The third-order valence-electron chi connectivity index (χ3n) is 4.12. The molecule has 1 heterocycles. The number of thioether (sulfide) groups is 1. The summed E-state index contributed by atoms with van der Waals surface area (Å²) >= 11 is 1.47. The molecule has 0 fully saturated rings. The Balaban J connectivity index is 1.58. The van der Waals surface area contributed by atoms with Crippen LogP contribution in [0.15, 0.2) is 58.5 Å². The molecule has 0 atom stereocenters. The number of para-hydroxylation sites is 1. The molecule has 0 aliphatic carbocycles. The highest BCUT2D eigenvalue weighted by Gasteiger charge is 2.09. The Labute approximate surface area is 173 Å². The number of anilines is 1. The highest BCUT2D eigenvalue weighted by atomic mass is 32.2. The third-order valence-corrected chi connectivity index (χ3v) is 5.18. The zero-order chi connectivity index (χ0) is 20.8. The molecule has 29 heavy (non-hydrogen) atoms. The first kappa shape index (κ1) is 20.5. The first-order valence-corrected chi connectivity index (χ1v) is 10.1. The first-order valence-electron chi connectivity index (χ1n) is 9.12. The van der Waals surface area contributed by atoms with Gasteiger partial charge in [0.1, 0.15) is 0 Å². The zero-order valence-corrected chi connectivity index (χ0v) is 17.3. The molecule has 1 aromatic heterocycles. The SMILES string of the molecule is CC(=O)Nc1ccc(C=NNC(=O)CSc2cc(C)nc3c(C)cccc23)cc1. The molecule has 0 spiro atoms. The average molecular weight is 407 g/mol. The Hall–Kier alpha value is -3.19. The van der Waals surface area contributed by atoms with Crippen LogP contribution in [0.3, 0.4) is 0 Å². The smallest absolute Gasteiger partial charge is 0.250 e. The van der Waals surface area contributed by atoms with Crippen LogP contribution in [0, 0.1) is 13.8 Å². The van der Waals surface area contributed by atoms with Crippen LogP contribution >= 0.6 is 11.8 Å². The molecule has 0 radical (unpaired) electrons.